The van der Waals surface area contributed by atoms with E-state index in [9.17, 15) is 0 Å². The molecule has 94 valence electrons. The second-order valence-electron chi connectivity index (χ2n) is 4.03. The molecular formula is C15H13N3O. The number of hydrogen-bond donors (Lipinski definition) is 0. The molecule has 4 nitrogen and oxygen atoms in total. The molecule has 0 N–H and O–H groups in total. The van der Waals surface area contributed by atoms with Crippen molar-refractivity contribution < 1.29 is 4.74 Å². The van der Waals surface area contributed by atoms with Gasteiger partial charge in [-0.1, -0.05) is 12.1 Å². The SMILES string of the molecule is N#CCc1ccc(OCCn2cccc2C#N)cc1. The predicted molar refractivity (Wildman–Crippen MR) is 70.4 cm³/mol. The van der Waals surface area contributed by atoms with Gasteiger partial charge in [0.1, 0.15) is 24.1 Å². The van der Waals surface area contributed by atoms with E-state index >= 15 is 0 Å². The lowest BCUT2D eigenvalue weighted by Crippen LogP contribution is -2.08. The van der Waals surface area contributed by atoms with Gasteiger partial charge in [-0.2, -0.15) is 10.5 Å². The van der Waals surface area contributed by atoms with Crippen LogP contribution in [-0.4, -0.2) is 11.2 Å². The summed E-state index contributed by atoms with van der Waals surface area (Å²) < 4.78 is 7.45. The first-order valence-electron chi connectivity index (χ1n) is 5.97. The molecule has 0 bridgehead atoms. The highest BCUT2D eigenvalue weighted by molar-refractivity contribution is 5.28. The number of aromatic nitrogens is 1. The fraction of sp³-hybridized carbons (Fsp3) is 0.200. The quantitative estimate of drug-likeness (QED) is 0.820. The maximum Gasteiger partial charge on any atom is 0.120 e. The topological polar surface area (TPSA) is 61.7 Å². The Morgan fingerprint density at radius 1 is 1.11 bits per heavy atom. The Morgan fingerprint density at radius 3 is 2.58 bits per heavy atom. The molecule has 0 radical (unpaired) electrons. The van der Waals surface area contributed by atoms with E-state index in [2.05, 4.69) is 12.1 Å². The summed E-state index contributed by atoms with van der Waals surface area (Å²) in [5.41, 5.74) is 1.61. The van der Waals surface area contributed by atoms with Crippen molar-refractivity contribution in [2.45, 2.75) is 13.0 Å². The molecule has 0 aliphatic carbocycles. The van der Waals surface area contributed by atoms with Crippen molar-refractivity contribution in [3.8, 4) is 17.9 Å². The molecule has 0 atom stereocenters. The third-order valence-electron chi connectivity index (χ3n) is 2.75. The van der Waals surface area contributed by atoms with Crippen LogP contribution in [0.4, 0.5) is 0 Å². The Bertz CT molecular complexity index is 614. The van der Waals surface area contributed by atoms with Crippen LogP contribution < -0.4 is 4.74 Å². The minimum absolute atomic E-state index is 0.412. The predicted octanol–water partition coefficient (Wildman–Crippen LogP) is 2.50. The molecule has 19 heavy (non-hydrogen) atoms. The summed E-state index contributed by atoms with van der Waals surface area (Å²) >= 11 is 0. The molecular weight excluding hydrogens is 238 g/mol. The van der Waals surface area contributed by atoms with Crippen LogP contribution in [0.1, 0.15) is 11.3 Å². The molecule has 0 saturated carbocycles. The van der Waals surface area contributed by atoms with Crippen LogP contribution in [0.3, 0.4) is 0 Å². The van der Waals surface area contributed by atoms with Gasteiger partial charge in [0.2, 0.25) is 0 Å². The summed E-state index contributed by atoms with van der Waals surface area (Å²) in [6.07, 6.45) is 2.27. The molecule has 0 saturated heterocycles. The molecule has 0 amide bonds. The van der Waals surface area contributed by atoms with E-state index in [1.807, 2.05) is 41.1 Å². The zero-order valence-corrected chi connectivity index (χ0v) is 10.4. The first kappa shape index (κ1) is 12.7. The van der Waals surface area contributed by atoms with Crippen molar-refractivity contribution in [2.75, 3.05) is 6.61 Å². The Labute approximate surface area is 112 Å². The highest BCUT2D eigenvalue weighted by atomic mass is 16.5. The molecule has 0 aliphatic rings. The normalized spacial score (nSPS) is 9.58. The second-order valence-corrected chi connectivity index (χ2v) is 4.03. The van der Waals surface area contributed by atoms with Gasteiger partial charge in [-0.3, -0.25) is 0 Å². The van der Waals surface area contributed by atoms with E-state index in [0.29, 0.717) is 25.3 Å². The number of hydrogen-bond acceptors (Lipinski definition) is 3. The fourth-order valence-electron chi connectivity index (χ4n) is 1.77. The highest BCUT2D eigenvalue weighted by Gasteiger charge is 2.00. The zero-order chi connectivity index (χ0) is 13.5. The average Bonchev–Trinajstić information content (AvgIpc) is 2.88. The highest BCUT2D eigenvalue weighted by Crippen LogP contribution is 2.12. The molecule has 2 rings (SSSR count). The van der Waals surface area contributed by atoms with Crippen LogP contribution in [0.25, 0.3) is 0 Å². The number of nitrogens with zero attached hydrogens (tertiary/aromatic N) is 3. The fourth-order valence-corrected chi connectivity index (χ4v) is 1.77. The Kier molecular flexibility index (Phi) is 4.21. The molecule has 4 heteroatoms. The molecule has 0 unspecified atom stereocenters. The zero-order valence-electron chi connectivity index (χ0n) is 10.4. The van der Waals surface area contributed by atoms with Crippen molar-refractivity contribution in [3.05, 3.63) is 53.9 Å². The Morgan fingerprint density at radius 2 is 1.89 bits per heavy atom. The number of benzene rings is 1. The maximum absolute atomic E-state index is 8.87. The van der Waals surface area contributed by atoms with Gasteiger partial charge in [0.25, 0.3) is 0 Å². The molecule has 0 spiro atoms. The van der Waals surface area contributed by atoms with Gasteiger partial charge < -0.3 is 9.30 Å². The third-order valence-corrected chi connectivity index (χ3v) is 2.75. The van der Waals surface area contributed by atoms with E-state index in [0.717, 1.165) is 11.3 Å². The van der Waals surface area contributed by atoms with Crippen molar-refractivity contribution in [2.24, 2.45) is 0 Å². The summed E-state index contributed by atoms with van der Waals surface area (Å²) in [5.74, 6) is 0.771. The first-order chi connectivity index (χ1) is 9.33. The van der Waals surface area contributed by atoms with E-state index in [-0.39, 0.29) is 0 Å². The van der Waals surface area contributed by atoms with Crippen molar-refractivity contribution in [1.82, 2.24) is 4.57 Å². The summed E-state index contributed by atoms with van der Waals surface area (Å²) in [7, 11) is 0. The minimum atomic E-state index is 0.412. The van der Waals surface area contributed by atoms with Crippen LogP contribution in [0.5, 0.6) is 5.75 Å². The van der Waals surface area contributed by atoms with Gasteiger partial charge in [0.05, 0.1) is 19.0 Å². The molecule has 1 aromatic carbocycles. The summed E-state index contributed by atoms with van der Waals surface area (Å²) in [6.45, 7) is 1.14. The lowest BCUT2D eigenvalue weighted by Gasteiger charge is -2.08. The maximum atomic E-state index is 8.87. The Hall–Kier alpha value is -2.72. The van der Waals surface area contributed by atoms with Crippen LogP contribution in [-0.2, 0) is 13.0 Å². The van der Waals surface area contributed by atoms with Crippen molar-refractivity contribution in [1.29, 1.82) is 10.5 Å². The van der Waals surface area contributed by atoms with Crippen molar-refractivity contribution >= 4 is 0 Å². The van der Waals surface area contributed by atoms with Gasteiger partial charge in [0.15, 0.2) is 0 Å². The second kappa shape index (κ2) is 6.28. The monoisotopic (exact) mass is 251 g/mol. The average molecular weight is 251 g/mol. The standard InChI is InChI=1S/C15H13N3O/c16-8-7-13-3-5-15(6-4-13)19-11-10-18-9-1-2-14(18)12-17/h1-6,9H,7,10-11H2. The molecule has 0 fully saturated rings. The third kappa shape index (κ3) is 3.37. The summed E-state index contributed by atoms with van der Waals surface area (Å²) in [6, 6.07) is 15.3. The lowest BCUT2D eigenvalue weighted by atomic mass is 10.2. The number of ether oxygens (including phenoxy) is 1. The van der Waals surface area contributed by atoms with Crippen molar-refractivity contribution in [3.63, 3.8) is 0 Å². The molecule has 1 heterocycles. The van der Waals surface area contributed by atoms with E-state index in [1.165, 1.54) is 0 Å². The molecule has 0 aliphatic heterocycles. The van der Waals surface area contributed by atoms with Crippen LogP contribution in [0.2, 0.25) is 0 Å². The minimum Gasteiger partial charge on any atom is -0.492 e. The van der Waals surface area contributed by atoms with E-state index < -0.39 is 0 Å². The van der Waals surface area contributed by atoms with Gasteiger partial charge in [-0.05, 0) is 29.8 Å². The smallest absolute Gasteiger partial charge is 0.120 e. The van der Waals surface area contributed by atoms with E-state index in [1.54, 1.807) is 6.07 Å². The summed E-state index contributed by atoms with van der Waals surface area (Å²) in [5, 5.41) is 17.4. The largest absolute Gasteiger partial charge is 0.492 e. The molecule has 2 aromatic rings. The van der Waals surface area contributed by atoms with Crippen LogP contribution in [0.15, 0.2) is 42.6 Å². The number of nitriles is 2. The molecule has 1 aromatic heterocycles. The summed E-state index contributed by atoms with van der Waals surface area (Å²) in [4.78, 5) is 0. The van der Waals surface area contributed by atoms with E-state index in [4.69, 9.17) is 15.3 Å². The van der Waals surface area contributed by atoms with Crippen LogP contribution >= 0.6 is 0 Å². The van der Waals surface area contributed by atoms with Gasteiger partial charge in [-0.25, -0.2) is 0 Å². The van der Waals surface area contributed by atoms with Crippen LogP contribution in [0, 0.1) is 22.7 Å². The van der Waals surface area contributed by atoms with Gasteiger partial charge >= 0.3 is 0 Å². The number of rotatable bonds is 5. The first-order valence-corrected chi connectivity index (χ1v) is 5.97. The Balaban J connectivity index is 1.86. The van der Waals surface area contributed by atoms with Gasteiger partial charge in [0, 0.05) is 6.20 Å². The lowest BCUT2D eigenvalue weighted by molar-refractivity contribution is 0.298. The van der Waals surface area contributed by atoms with Gasteiger partial charge in [-0.15, -0.1) is 0 Å².